The van der Waals surface area contributed by atoms with E-state index in [2.05, 4.69) is 27.0 Å². The third-order valence-electron chi connectivity index (χ3n) is 3.49. The van der Waals surface area contributed by atoms with Crippen molar-refractivity contribution in [1.82, 2.24) is 4.98 Å². The maximum atomic E-state index is 10.9. The number of benzene rings is 2. The van der Waals surface area contributed by atoms with Crippen LogP contribution in [0, 0.1) is 21.4 Å². The zero-order valence-electron chi connectivity index (χ0n) is 13.1. The van der Waals surface area contributed by atoms with Crippen molar-refractivity contribution in [3.63, 3.8) is 0 Å². The lowest BCUT2D eigenvalue weighted by Gasteiger charge is -2.00. The molecule has 6 nitrogen and oxygen atoms in total. The molecule has 3 aromatic rings. The zero-order valence-corrected chi connectivity index (χ0v) is 15.5. The molecule has 0 saturated carbocycles. The Hall–Kier alpha value is -3.02. The molecule has 0 radical (unpaired) electrons. The predicted molar refractivity (Wildman–Crippen MR) is 103 cm³/mol. The first-order chi connectivity index (χ1) is 12.5. The topological polar surface area (TPSA) is 100 Å². The van der Waals surface area contributed by atoms with Crippen molar-refractivity contribution < 1.29 is 10.0 Å². The van der Waals surface area contributed by atoms with Gasteiger partial charge in [-0.3, -0.25) is 10.1 Å². The number of phenols is 1. The Labute approximate surface area is 161 Å². The third-order valence-corrected chi connectivity index (χ3v) is 5.00. The van der Waals surface area contributed by atoms with E-state index in [4.69, 9.17) is 0 Å². The molecule has 0 unspecified atom stereocenters. The lowest BCUT2D eigenvalue weighted by atomic mass is 10.1. The van der Waals surface area contributed by atoms with Crippen molar-refractivity contribution in [3.8, 4) is 23.1 Å². The van der Waals surface area contributed by atoms with Gasteiger partial charge in [-0.15, -0.1) is 11.3 Å². The minimum atomic E-state index is -0.458. The molecule has 2 aromatic carbocycles. The van der Waals surface area contributed by atoms with Crippen LogP contribution in [0.1, 0.15) is 10.6 Å². The number of nitrogens with zero attached hydrogens (tertiary/aromatic N) is 3. The van der Waals surface area contributed by atoms with Gasteiger partial charge in [0.05, 0.1) is 20.7 Å². The summed E-state index contributed by atoms with van der Waals surface area (Å²) in [6, 6.07) is 13.2. The van der Waals surface area contributed by atoms with Gasteiger partial charge in [-0.1, -0.05) is 18.2 Å². The number of rotatable bonds is 4. The van der Waals surface area contributed by atoms with Gasteiger partial charge in [0.15, 0.2) is 0 Å². The highest BCUT2D eigenvalue weighted by Crippen LogP contribution is 2.30. The highest BCUT2D eigenvalue weighted by atomic mass is 79.9. The van der Waals surface area contributed by atoms with Gasteiger partial charge in [0.25, 0.3) is 5.69 Å². The van der Waals surface area contributed by atoms with Crippen molar-refractivity contribution in [1.29, 1.82) is 5.26 Å². The molecule has 3 rings (SSSR count). The fourth-order valence-electron chi connectivity index (χ4n) is 2.23. The number of allylic oxidation sites excluding steroid dienone is 1. The van der Waals surface area contributed by atoms with Crippen LogP contribution in [0.4, 0.5) is 5.69 Å². The minimum absolute atomic E-state index is 0.0120. The van der Waals surface area contributed by atoms with Crippen LogP contribution in [0.5, 0.6) is 5.75 Å². The number of nitriles is 1. The number of aromatic nitrogens is 1. The van der Waals surface area contributed by atoms with Crippen molar-refractivity contribution in [2.45, 2.75) is 0 Å². The van der Waals surface area contributed by atoms with E-state index in [1.807, 2.05) is 0 Å². The molecule has 0 aliphatic rings. The number of phenolic OH excluding ortho intramolecular Hbond substituents is 1. The summed E-state index contributed by atoms with van der Waals surface area (Å²) in [6.07, 6.45) is 1.67. The molecule has 0 aliphatic heterocycles. The van der Waals surface area contributed by atoms with Crippen molar-refractivity contribution in [2.24, 2.45) is 0 Å². The second kappa shape index (κ2) is 7.47. The summed E-state index contributed by atoms with van der Waals surface area (Å²) in [7, 11) is 0. The van der Waals surface area contributed by atoms with Crippen LogP contribution < -0.4 is 0 Å². The number of hydrogen-bond donors (Lipinski definition) is 1. The number of non-ortho nitro benzene ring substituents is 1. The third kappa shape index (κ3) is 3.79. The SMILES string of the molecule is N#C/C(=C\c1ccc(O)c(Br)c1)c1nc(-c2cccc([N+](=O)[O-])c2)cs1. The molecule has 8 heteroatoms. The van der Waals surface area contributed by atoms with E-state index in [1.165, 1.54) is 29.5 Å². The fraction of sp³-hybridized carbons (Fsp3) is 0. The molecule has 0 saturated heterocycles. The van der Waals surface area contributed by atoms with Gasteiger partial charge in [0.2, 0.25) is 0 Å². The van der Waals surface area contributed by atoms with Crippen LogP contribution in [-0.4, -0.2) is 15.0 Å². The smallest absolute Gasteiger partial charge is 0.270 e. The molecule has 0 atom stereocenters. The van der Waals surface area contributed by atoms with Crippen LogP contribution in [0.2, 0.25) is 0 Å². The summed E-state index contributed by atoms with van der Waals surface area (Å²) in [4.78, 5) is 14.9. The van der Waals surface area contributed by atoms with Crippen LogP contribution in [0.3, 0.4) is 0 Å². The maximum Gasteiger partial charge on any atom is 0.270 e. The molecular formula is C18H10BrN3O3S. The van der Waals surface area contributed by atoms with Crippen LogP contribution in [0.15, 0.2) is 52.3 Å². The normalized spacial score (nSPS) is 11.2. The number of thiazole rings is 1. The first-order valence-electron chi connectivity index (χ1n) is 7.29. The lowest BCUT2D eigenvalue weighted by molar-refractivity contribution is -0.384. The minimum Gasteiger partial charge on any atom is -0.507 e. The second-order valence-electron chi connectivity index (χ2n) is 5.23. The fourth-order valence-corrected chi connectivity index (χ4v) is 3.42. The number of nitro groups is 1. The van der Waals surface area contributed by atoms with Crippen molar-refractivity contribution >= 4 is 44.6 Å². The summed E-state index contributed by atoms with van der Waals surface area (Å²) in [5.74, 6) is 0.114. The van der Waals surface area contributed by atoms with E-state index < -0.39 is 4.92 Å². The second-order valence-corrected chi connectivity index (χ2v) is 6.94. The van der Waals surface area contributed by atoms with Crippen LogP contribution in [-0.2, 0) is 0 Å². The standard InChI is InChI=1S/C18H10BrN3O3S/c19-15-7-11(4-5-17(15)23)6-13(9-20)18-21-16(10-26-18)12-2-1-3-14(8-12)22(24)25/h1-8,10,23H/b13-6+. The van der Waals surface area contributed by atoms with Crippen molar-refractivity contribution in [3.05, 3.63) is 73.0 Å². The number of halogens is 1. The van der Waals surface area contributed by atoms with Gasteiger partial charge < -0.3 is 5.11 Å². The first kappa shape index (κ1) is 17.8. The molecule has 0 aliphatic carbocycles. The maximum absolute atomic E-state index is 10.9. The molecule has 128 valence electrons. The Morgan fingerprint density at radius 3 is 2.85 bits per heavy atom. The zero-order chi connectivity index (χ0) is 18.7. The number of aromatic hydroxyl groups is 1. The molecule has 0 amide bonds. The van der Waals surface area contributed by atoms with Gasteiger partial charge in [-0.05, 0) is 39.7 Å². The van der Waals surface area contributed by atoms with E-state index in [0.717, 1.165) is 5.56 Å². The highest BCUT2D eigenvalue weighted by Gasteiger charge is 2.12. The van der Waals surface area contributed by atoms with Gasteiger partial charge in [0, 0.05) is 23.1 Å². The lowest BCUT2D eigenvalue weighted by Crippen LogP contribution is -1.88. The quantitative estimate of drug-likeness (QED) is 0.348. The molecule has 0 fully saturated rings. The molecule has 1 N–H and O–H groups in total. The average molecular weight is 428 g/mol. The largest absolute Gasteiger partial charge is 0.507 e. The van der Waals surface area contributed by atoms with E-state index >= 15 is 0 Å². The van der Waals surface area contributed by atoms with E-state index in [1.54, 1.807) is 35.7 Å². The summed E-state index contributed by atoms with van der Waals surface area (Å²) < 4.78 is 0.528. The molecule has 1 heterocycles. The Kier molecular flexibility index (Phi) is 5.11. The van der Waals surface area contributed by atoms with Gasteiger partial charge in [-0.2, -0.15) is 5.26 Å². The van der Waals surface area contributed by atoms with Crippen molar-refractivity contribution in [2.75, 3.05) is 0 Å². The van der Waals surface area contributed by atoms with Gasteiger partial charge in [0.1, 0.15) is 16.8 Å². The van der Waals surface area contributed by atoms with E-state index in [0.29, 0.717) is 26.3 Å². The summed E-state index contributed by atoms with van der Waals surface area (Å²) >= 11 is 4.52. The molecule has 0 bridgehead atoms. The molecule has 1 aromatic heterocycles. The van der Waals surface area contributed by atoms with Crippen LogP contribution in [0.25, 0.3) is 22.9 Å². The van der Waals surface area contributed by atoms with E-state index in [9.17, 15) is 20.5 Å². The Morgan fingerprint density at radius 1 is 1.35 bits per heavy atom. The Morgan fingerprint density at radius 2 is 2.15 bits per heavy atom. The molecule has 0 spiro atoms. The van der Waals surface area contributed by atoms with Gasteiger partial charge in [-0.25, -0.2) is 4.98 Å². The average Bonchev–Trinajstić information content (AvgIpc) is 3.12. The monoisotopic (exact) mass is 427 g/mol. The summed E-state index contributed by atoms with van der Waals surface area (Å²) in [6.45, 7) is 0. The Balaban J connectivity index is 1.96. The highest BCUT2D eigenvalue weighted by molar-refractivity contribution is 9.10. The summed E-state index contributed by atoms with van der Waals surface area (Å²) in [5.41, 5.74) is 2.28. The van der Waals surface area contributed by atoms with E-state index in [-0.39, 0.29) is 11.4 Å². The predicted octanol–water partition coefficient (Wildman–Crippen LogP) is 5.25. The number of nitro benzene ring substituents is 1. The van der Waals surface area contributed by atoms with Gasteiger partial charge >= 0.3 is 0 Å². The first-order valence-corrected chi connectivity index (χ1v) is 8.96. The van der Waals surface area contributed by atoms with Crippen LogP contribution >= 0.6 is 27.3 Å². The summed E-state index contributed by atoms with van der Waals surface area (Å²) in [5, 5.41) is 32.2. The molecular weight excluding hydrogens is 418 g/mol. The number of hydrogen-bond acceptors (Lipinski definition) is 6. The Bertz CT molecular complexity index is 1070. The molecule has 26 heavy (non-hydrogen) atoms.